The molecule has 26 heavy (non-hydrogen) atoms. The summed E-state index contributed by atoms with van der Waals surface area (Å²) in [5.41, 5.74) is 1.96. The fraction of sp³-hybridized carbons (Fsp3) is 0.500. The van der Waals surface area contributed by atoms with Gasteiger partial charge in [0.05, 0.1) is 25.8 Å². The third-order valence-corrected chi connectivity index (χ3v) is 5.58. The van der Waals surface area contributed by atoms with E-state index in [0.717, 1.165) is 42.3 Å². The molecular weight excluding hydrogens is 396 g/mol. The number of alkyl halides is 1. The van der Waals surface area contributed by atoms with Gasteiger partial charge in [-0.25, -0.2) is 5.01 Å². The van der Waals surface area contributed by atoms with E-state index in [4.69, 9.17) is 14.6 Å². The van der Waals surface area contributed by atoms with Gasteiger partial charge in [-0.15, -0.1) is 0 Å². The highest BCUT2D eigenvalue weighted by atomic mass is 79.9. The molecule has 1 aliphatic carbocycles. The largest absolute Gasteiger partial charge is 0.493 e. The number of allylic oxidation sites excluding steroid dienone is 2. The molecule has 0 radical (unpaired) electrons. The lowest BCUT2D eigenvalue weighted by Crippen LogP contribution is -2.45. The monoisotopic (exact) mass is 420 g/mol. The highest BCUT2D eigenvalue weighted by Gasteiger charge is 2.39. The number of hydrogen-bond donors (Lipinski definition) is 0. The number of benzene rings is 1. The van der Waals surface area contributed by atoms with E-state index >= 15 is 0 Å². The van der Waals surface area contributed by atoms with E-state index in [-0.39, 0.29) is 17.7 Å². The molecule has 5 nitrogen and oxygen atoms in total. The van der Waals surface area contributed by atoms with Gasteiger partial charge in [-0.05, 0) is 43.9 Å². The second kappa shape index (κ2) is 8.71. The molecule has 1 aromatic rings. The minimum atomic E-state index is -0.0235. The van der Waals surface area contributed by atoms with Crippen molar-refractivity contribution in [2.24, 2.45) is 16.9 Å². The highest BCUT2D eigenvalue weighted by molar-refractivity contribution is 9.09. The standard InChI is InChI=1S/C20H25BrN2O3/c1-25-17-10-9-14(13-18(17)26-2)19-15-7-3-4-8-16(15)20(24)23(22-19)12-6-5-11-21/h3-4,9-10,13,15-16H,5-8,11-12H2,1-2H3. The summed E-state index contributed by atoms with van der Waals surface area (Å²) < 4.78 is 10.8. The summed E-state index contributed by atoms with van der Waals surface area (Å²) in [6.07, 6.45) is 7.87. The number of hydrazone groups is 1. The summed E-state index contributed by atoms with van der Waals surface area (Å²) in [4.78, 5) is 12.9. The van der Waals surface area contributed by atoms with Crippen molar-refractivity contribution in [3.63, 3.8) is 0 Å². The Morgan fingerprint density at radius 2 is 1.85 bits per heavy atom. The van der Waals surface area contributed by atoms with Crippen LogP contribution in [0.15, 0.2) is 35.5 Å². The molecule has 1 aromatic carbocycles. The molecule has 140 valence electrons. The summed E-state index contributed by atoms with van der Waals surface area (Å²) in [7, 11) is 3.26. The van der Waals surface area contributed by atoms with Crippen LogP contribution in [0.2, 0.25) is 0 Å². The molecule has 0 bridgehead atoms. The smallest absolute Gasteiger partial charge is 0.246 e. The van der Waals surface area contributed by atoms with Crippen molar-refractivity contribution in [1.82, 2.24) is 5.01 Å². The zero-order valence-electron chi connectivity index (χ0n) is 15.3. The van der Waals surface area contributed by atoms with Gasteiger partial charge >= 0.3 is 0 Å². The van der Waals surface area contributed by atoms with Gasteiger partial charge in [-0.2, -0.15) is 5.10 Å². The zero-order valence-corrected chi connectivity index (χ0v) is 16.9. The molecule has 0 spiro atoms. The quantitative estimate of drug-likeness (QED) is 0.380. The van der Waals surface area contributed by atoms with Gasteiger partial charge in [0, 0.05) is 23.4 Å². The molecular formula is C20H25BrN2O3. The molecule has 2 unspecified atom stereocenters. The maximum atomic E-state index is 12.9. The Hall–Kier alpha value is -1.82. The maximum absolute atomic E-state index is 12.9. The highest BCUT2D eigenvalue weighted by Crippen LogP contribution is 2.36. The molecule has 0 saturated carbocycles. The van der Waals surface area contributed by atoms with Crippen LogP contribution in [-0.4, -0.2) is 42.7 Å². The summed E-state index contributed by atoms with van der Waals surface area (Å²) in [5, 5.41) is 7.39. The topological polar surface area (TPSA) is 51.1 Å². The predicted octanol–water partition coefficient (Wildman–Crippen LogP) is 4.01. The molecule has 2 aliphatic rings. The van der Waals surface area contributed by atoms with Crippen molar-refractivity contribution >= 4 is 27.5 Å². The second-order valence-electron chi connectivity index (χ2n) is 6.57. The van der Waals surface area contributed by atoms with E-state index in [1.165, 1.54) is 0 Å². The van der Waals surface area contributed by atoms with Crippen LogP contribution in [0.1, 0.15) is 31.2 Å². The van der Waals surface area contributed by atoms with Crippen LogP contribution < -0.4 is 9.47 Å². The average Bonchev–Trinajstić information content (AvgIpc) is 2.69. The van der Waals surface area contributed by atoms with Crippen LogP contribution >= 0.6 is 15.9 Å². The number of halogens is 1. The Morgan fingerprint density at radius 3 is 2.54 bits per heavy atom. The number of nitrogens with zero attached hydrogens (tertiary/aromatic N) is 2. The molecule has 0 aromatic heterocycles. The SMILES string of the molecule is COc1ccc(C2=NN(CCCCBr)C(=O)C3CC=CCC23)cc1OC. The zero-order chi connectivity index (χ0) is 18.5. The summed E-state index contributed by atoms with van der Waals surface area (Å²) in [6, 6.07) is 5.86. The maximum Gasteiger partial charge on any atom is 0.246 e. The second-order valence-corrected chi connectivity index (χ2v) is 7.36. The lowest BCUT2D eigenvalue weighted by molar-refractivity contribution is -0.137. The number of rotatable bonds is 7. The van der Waals surface area contributed by atoms with E-state index in [1.54, 1.807) is 19.2 Å². The third-order valence-electron chi connectivity index (χ3n) is 5.02. The van der Waals surface area contributed by atoms with Crippen LogP contribution in [-0.2, 0) is 4.79 Å². The first kappa shape index (κ1) is 19.0. The number of fused-ring (bicyclic) bond motifs is 1. The first-order valence-corrected chi connectivity index (χ1v) is 10.1. The van der Waals surface area contributed by atoms with Gasteiger partial charge in [-0.3, -0.25) is 4.79 Å². The Balaban J connectivity index is 1.96. The lowest BCUT2D eigenvalue weighted by Gasteiger charge is -2.37. The molecule has 1 aliphatic heterocycles. The molecule has 1 amide bonds. The van der Waals surface area contributed by atoms with Crippen LogP contribution in [0.5, 0.6) is 11.5 Å². The third kappa shape index (κ3) is 3.80. The van der Waals surface area contributed by atoms with Gasteiger partial charge < -0.3 is 9.47 Å². The first-order chi connectivity index (χ1) is 12.7. The average molecular weight is 421 g/mol. The fourth-order valence-corrected chi connectivity index (χ4v) is 4.01. The number of carbonyl (C=O) groups is 1. The summed E-state index contributed by atoms with van der Waals surface area (Å²) >= 11 is 3.45. The van der Waals surface area contributed by atoms with Gasteiger partial charge in [-0.1, -0.05) is 28.1 Å². The molecule has 1 heterocycles. The van der Waals surface area contributed by atoms with E-state index in [1.807, 2.05) is 18.2 Å². The Bertz CT molecular complexity index is 717. The van der Waals surface area contributed by atoms with Crippen molar-refractivity contribution in [2.75, 3.05) is 26.1 Å². The number of carbonyl (C=O) groups excluding carboxylic acids is 1. The minimum absolute atomic E-state index is 0.0235. The number of ether oxygens (including phenoxy) is 2. The molecule has 0 saturated heterocycles. The van der Waals surface area contributed by atoms with Gasteiger partial charge in [0.15, 0.2) is 11.5 Å². The van der Waals surface area contributed by atoms with E-state index in [2.05, 4.69) is 28.1 Å². The van der Waals surface area contributed by atoms with Crippen molar-refractivity contribution < 1.29 is 14.3 Å². The molecule has 0 N–H and O–H groups in total. The van der Waals surface area contributed by atoms with Crippen LogP contribution in [0.25, 0.3) is 0 Å². The Kier molecular flexibility index (Phi) is 6.35. The van der Waals surface area contributed by atoms with E-state index in [9.17, 15) is 4.79 Å². The van der Waals surface area contributed by atoms with Crippen LogP contribution in [0.4, 0.5) is 0 Å². The first-order valence-electron chi connectivity index (χ1n) is 9.02. The van der Waals surface area contributed by atoms with Gasteiger partial charge in [0.1, 0.15) is 0 Å². The van der Waals surface area contributed by atoms with Crippen molar-refractivity contribution in [1.29, 1.82) is 0 Å². The van der Waals surface area contributed by atoms with Crippen molar-refractivity contribution in [2.45, 2.75) is 25.7 Å². The minimum Gasteiger partial charge on any atom is -0.493 e. The summed E-state index contributed by atoms with van der Waals surface area (Å²) in [6.45, 7) is 0.661. The molecule has 0 fully saturated rings. The lowest BCUT2D eigenvalue weighted by atomic mass is 9.76. The Morgan fingerprint density at radius 1 is 1.12 bits per heavy atom. The predicted molar refractivity (Wildman–Crippen MR) is 106 cm³/mol. The number of hydrogen-bond acceptors (Lipinski definition) is 4. The summed E-state index contributed by atoms with van der Waals surface area (Å²) in [5.74, 6) is 1.62. The van der Waals surface area contributed by atoms with Crippen LogP contribution in [0, 0.1) is 11.8 Å². The number of amides is 1. The normalized spacial score (nSPS) is 22.0. The van der Waals surface area contributed by atoms with E-state index < -0.39 is 0 Å². The molecule has 2 atom stereocenters. The Labute approximate surface area is 163 Å². The number of unbranched alkanes of at least 4 members (excludes halogenated alkanes) is 1. The molecule has 6 heteroatoms. The van der Waals surface area contributed by atoms with Crippen molar-refractivity contribution in [3.8, 4) is 11.5 Å². The van der Waals surface area contributed by atoms with Crippen molar-refractivity contribution in [3.05, 3.63) is 35.9 Å². The van der Waals surface area contributed by atoms with Gasteiger partial charge in [0.2, 0.25) is 5.91 Å². The number of methoxy groups -OCH3 is 2. The van der Waals surface area contributed by atoms with Gasteiger partial charge in [0.25, 0.3) is 0 Å². The molecule has 3 rings (SSSR count). The van der Waals surface area contributed by atoms with E-state index in [0.29, 0.717) is 18.0 Å². The fourth-order valence-electron chi connectivity index (χ4n) is 3.62. The van der Waals surface area contributed by atoms with Crippen LogP contribution in [0.3, 0.4) is 0 Å².